The Kier molecular flexibility index (Phi) is 6.00. The summed E-state index contributed by atoms with van der Waals surface area (Å²) in [6, 6.07) is 8.74. The van der Waals surface area contributed by atoms with E-state index in [-0.39, 0.29) is 29.3 Å². The minimum atomic E-state index is -0.395. The van der Waals surface area contributed by atoms with E-state index in [0.717, 1.165) is 6.42 Å². The Morgan fingerprint density at radius 2 is 1.72 bits per heavy atom. The Labute approximate surface area is 204 Å². The highest BCUT2D eigenvalue weighted by Gasteiger charge is 2.19. The van der Waals surface area contributed by atoms with Crippen LogP contribution in [-0.2, 0) is 26.7 Å². The van der Waals surface area contributed by atoms with Gasteiger partial charge in [-0.15, -0.1) is 5.10 Å². The van der Waals surface area contributed by atoms with Crippen molar-refractivity contribution in [1.29, 1.82) is 0 Å². The Balaban J connectivity index is 1.48. The Morgan fingerprint density at radius 1 is 0.972 bits per heavy atom. The Morgan fingerprint density at radius 3 is 2.50 bits per heavy atom. The molecule has 0 bridgehead atoms. The van der Waals surface area contributed by atoms with Crippen molar-refractivity contribution in [2.45, 2.75) is 46.4 Å². The zero-order valence-corrected chi connectivity index (χ0v) is 20.2. The summed E-state index contributed by atoms with van der Waals surface area (Å²) in [5, 5.41) is 4.87. The summed E-state index contributed by atoms with van der Waals surface area (Å²) < 4.78 is 10.1. The van der Waals surface area contributed by atoms with Crippen molar-refractivity contribution >= 4 is 22.1 Å². The third kappa shape index (κ3) is 4.00. The lowest BCUT2D eigenvalue weighted by Gasteiger charge is -2.09. The number of imidazole rings is 1. The molecule has 0 aliphatic rings. The number of rotatable bonds is 8. The first-order valence-electron chi connectivity index (χ1n) is 11.8. The van der Waals surface area contributed by atoms with Gasteiger partial charge in [-0.25, -0.2) is 14.8 Å². The normalized spacial score (nSPS) is 11.5. The molecule has 12 heteroatoms. The van der Waals surface area contributed by atoms with E-state index >= 15 is 0 Å². The second-order valence-electron chi connectivity index (χ2n) is 8.48. The largest absolute Gasteiger partial charge is 0.468 e. The van der Waals surface area contributed by atoms with E-state index in [1.807, 2.05) is 19.9 Å². The van der Waals surface area contributed by atoms with Crippen LogP contribution in [0, 0.1) is 0 Å². The summed E-state index contributed by atoms with van der Waals surface area (Å²) in [5.41, 5.74) is 0.737. The van der Waals surface area contributed by atoms with E-state index in [9.17, 15) is 14.4 Å². The second-order valence-corrected chi connectivity index (χ2v) is 8.48. The quantitative estimate of drug-likeness (QED) is 0.338. The number of nitrogens with one attached hydrogen (secondary N) is 2. The lowest BCUT2D eigenvalue weighted by Crippen LogP contribution is -2.40. The predicted molar refractivity (Wildman–Crippen MR) is 134 cm³/mol. The van der Waals surface area contributed by atoms with Gasteiger partial charge in [-0.05, 0) is 25.0 Å². The summed E-state index contributed by atoms with van der Waals surface area (Å²) in [6.07, 6.45) is 1.38. The first-order chi connectivity index (χ1) is 17.4. The highest BCUT2D eigenvalue weighted by Crippen LogP contribution is 2.23. The number of ether oxygens (including phenoxy) is 1. The standard InChI is InChI=1S/C24H26N8O4/c1-4-10-31-21-19(23(34)32(11-5-2)24(31)35)27-20(28-21)16-12-18(29-30(16)3)36-13-17-25-15-9-7-6-8-14(15)22(33)26-17/h6-9,12H,4-5,10-11,13H2,1-3H3,(H,27,28)(H,25,26,33). The maximum absolute atomic E-state index is 13.0. The maximum atomic E-state index is 13.0. The Hall–Kier alpha value is -4.48. The monoisotopic (exact) mass is 490 g/mol. The van der Waals surface area contributed by atoms with Crippen LogP contribution < -0.4 is 21.5 Å². The van der Waals surface area contributed by atoms with Crippen LogP contribution >= 0.6 is 0 Å². The van der Waals surface area contributed by atoms with E-state index in [1.165, 1.54) is 9.13 Å². The SMILES string of the molecule is CCCn1c(=O)c2[nH]c(-c3cc(OCc4nc5ccccc5c(=O)[nH]4)nn3C)nc2n(CCC)c1=O. The van der Waals surface area contributed by atoms with Crippen LogP contribution in [-0.4, -0.2) is 38.9 Å². The third-order valence-corrected chi connectivity index (χ3v) is 5.87. The van der Waals surface area contributed by atoms with Crippen LogP contribution in [0.15, 0.2) is 44.7 Å². The van der Waals surface area contributed by atoms with Crippen LogP contribution in [0.3, 0.4) is 0 Å². The topological polar surface area (TPSA) is 145 Å². The van der Waals surface area contributed by atoms with Crippen LogP contribution in [0.2, 0.25) is 0 Å². The van der Waals surface area contributed by atoms with Crippen molar-refractivity contribution in [3.8, 4) is 17.4 Å². The average Bonchev–Trinajstić information content (AvgIpc) is 3.47. The number of nitrogens with zero attached hydrogens (tertiary/aromatic N) is 6. The highest BCUT2D eigenvalue weighted by atomic mass is 16.5. The number of H-pyrrole nitrogens is 2. The molecule has 0 radical (unpaired) electrons. The average molecular weight is 491 g/mol. The van der Waals surface area contributed by atoms with Crippen LogP contribution in [0.5, 0.6) is 5.88 Å². The molecule has 5 aromatic rings. The summed E-state index contributed by atoms with van der Waals surface area (Å²) in [5.74, 6) is 1.05. The molecule has 4 heterocycles. The maximum Gasteiger partial charge on any atom is 0.332 e. The van der Waals surface area contributed by atoms with Crippen molar-refractivity contribution in [3.05, 3.63) is 67.3 Å². The molecule has 0 amide bonds. The molecule has 12 nitrogen and oxygen atoms in total. The Bertz CT molecular complexity index is 1750. The molecule has 1 aromatic carbocycles. The summed E-state index contributed by atoms with van der Waals surface area (Å²) in [4.78, 5) is 53.0. The molecule has 0 spiro atoms. The van der Waals surface area contributed by atoms with Gasteiger partial charge in [0.15, 0.2) is 11.5 Å². The minimum absolute atomic E-state index is 0.00836. The van der Waals surface area contributed by atoms with Crippen molar-refractivity contribution in [2.75, 3.05) is 0 Å². The fourth-order valence-electron chi connectivity index (χ4n) is 4.21. The first kappa shape index (κ1) is 23.3. The van der Waals surface area contributed by atoms with Crippen molar-refractivity contribution in [2.24, 2.45) is 7.05 Å². The van der Waals surface area contributed by atoms with E-state index in [1.54, 1.807) is 36.0 Å². The van der Waals surface area contributed by atoms with Gasteiger partial charge < -0.3 is 14.7 Å². The minimum Gasteiger partial charge on any atom is -0.468 e. The van der Waals surface area contributed by atoms with E-state index in [0.29, 0.717) is 53.4 Å². The molecule has 0 saturated heterocycles. The number of benzene rings is 1. The van der Waals surface area contributed by atoms with Crippen molar-refractivity contribution in [1.82, 2.24) is 38.9 Å². The molecule has 0 saturated carbocycles. The lowest BCUT2D eigenvalue weighted by atomic mass is 10.2. The van der Waals surface area contributed by atoms with Gasteiger partial charge in [0.05, 0.1) is 10.9 Å². The smallest absolute Gasteiger partial charge is 0.332 e. The van der Waals surface area contributed by atoms with Gasteiger partial charge in [0, 0.05) is 26.2 Å². The number of para-hydroxylation sites is 1. The third-order valence-electron chi connectivity index (χ3n) is 5.87. The predicted octanol–water partition coefficient (Wildman–Crippen LogP) is 1.92. The molecule has 36 heavy (non-hydrogen) atoms. The van der Waals surface area contributed by atoms with Gasteiger partial charge in [0.2, 0.25) is 5.88 Å². The molecule has 0 unspecified atom stereocenters. The summed E-state index contributed by atoms with van der Waals surface area (Å²) in [6.45, 7) is 4.66. The number of aromatic nitrogens is 8. The van der Waals surface area contributed by atoms with E-state index in [4.69, 9.17) is 4.74 Å². The van der Waals surface area contributed by atoms with Crippen LogP contribution in [0.4, 0.5) is 0 Å². The molecule has 186 valence electrons. The molecule has 4 aromatic heterocycles. The van der Waals surface area contributed by atoms with Gasteiger partial charge in [0.1, 0.15) is 23.6 Å². The fourth-order valence-corrected chi connectivity index (χ4v) is 4.21. The molecular weight excluding hydrogens is 464 g/mol. The molecule has 0 aliphatic heterocycles. The van der Waals surface area contributed by atoms with E-state index < -0.39 is 5.56 Å². The zero-order valence-electron chi connectivity index (χ0n) is 20.2. The first-order valence-corrected chi connectivity index (χ1v) is 11.8. The van der Waals surface area contributed by atoms with Gasteiger partial charge in [-0.3, -0.25) is 23.4 Å². The van der Waals surface area contributed by atoms with Gasteiger partial charge in [-0.2, -0.15) is 0 Å². The number of aryl methyl sites for hydroxylation is 2. The molecule has 5 rings (SSSR count). The van der Waals surface area contributed by atoms with Crippen molar-refractivity contribution < 1.29 is 4.74 Å². The summed E-state index contributed by atoms with van der Waals surface area (Å²) in [7, 11) is 1.72. The number of aromatic amines is 2. The zero-order chi connectivity index (χ0) is 25.4. The highest BCUT2D eigenvalue weighted by molar-refractivity contribution is 5.77. The van der Waals surface area contributed by atoms with Gasteiger partial charge in [-0.1, -0.05) is 26.0 Å². The number of hydrogen-bond acceptors (Lipinski definition) is 7. The molecule has 0 atom stereocenters. The number of fused-ring (bicyclic) bond motifs is 2. The molecule has 2 N–H and O–H groups in total. The fraction of sp³-hybridized carbons (Fsp3) is 0.333. The molecule has 0 fully saturated rings. The molecule has 0 aliphatic carbocycles. The van der Waals surface area contributed by atoms with Gasteiger partial charge in [0.25, 0.3) is 11.1 Å². The molecular formula is C24H26N8O4. The van der Waals surface area contributed by atoms with E-state index in [2.05, 4.69) is 25.0 Å². The van der Waals surface area contributed by atoms with Crippen LogP contribution in [0.25, 0.3) is 33.6 Å². The van der Waals surface area contributed by atoms with Crippen LogP contribution in [0.1, 0.15) is 32.5 Å². The van der Waals surface area contributed by atoms with Gasteiger partial charge >= 0.3 is 5.69 Å². The summed E-state index contributed by atoms with van der Waals surface area (Å²) >= 11 is 0. The number of hydrogen-bond donors (Lipinski definition) is 2. The lowest BCUT2D eigenvalue weighted by molar-refractivity contribution is 0.281. The second kappa shape index (κ2) is 9.29. The van der Waals surface area contributed by atoms with Crippen molar-refractivity contribution in [3.63, 3.8) is 0 Å².